The maximum atomic E-state index is 13.7. The number of benzene rings is 2. The predicted octanol–water partition coefficient (Wildman–Crippen LogP) is 4.31. The molecule has 0 saturated carbocycles. The first-order valence-electron chi connectivity index (χ1n) is 13.8. The second kappa shape index (κ2) is 9.73. The zero-order valence-electron chi connectivity index (χ0n) is 23.7. The fraction of sp³-hybridized carbons (Fsp3) is 0.484. The van der Waals surface area contributed by atoms with Gasteiger partial charge in [0.1, 0.15) is 6.10 Å². The molecule has 0 aromatic heterocycles. The molecule has 4 aliphatic rings. The molecule has 2 aromatic rings. The molecule has 4 atom stereocenters. The zero-order chi connectivity index (χ0) is 28.2. The Balaban J connectivity index is 1.44. The second-order valence-electron chi connectivity index (χ2n) is 11.2. The van der Waals surface area contributed by atoms with Gasteiger partial charge in [-0.3, -0.25) is 4.90 Å². The Morgan fingerprint density at radius 1 is 0.975 bits per heavy atom. The number of nitrogens with zero attached hydrogens (tertiary/aromatic N) is 1. The summed E-state index contributed by atoms with van der Waals surface area (Å²) in [7, 11) is 5.97. The maximum Gasteiger partial charge on any atom is 0.338 e. The van der Waals surface area contributed by atoms with Gasteiger partial charge in [0.05, 0.1) is 45.0 Å². The number of methoxy groups -OCH3 is 4. The lowest BCUT2D eigenvalue weighted by Crippen LogP contribution is -2.64. The van der Waals surface area contributed by atoms with Crippen LogP contribution in [0.15, 0.2) is 47.7 Å². The Morgan fingerprint density at radius 2 is 1.70 bits per heavy atom. The van der Waals surface area contributed by atoms with Crippen molar-refractivity contribution in [2.24, 2.45) is 5.41 Å². The van der Waals surface area contributed by atoms with Crippen LogP contribution >= 0.6 is 0 Å². The Morgan fingerprint density at radius 3 is 2.38 bits per heavy atom. The summed E-state index contributed by atoms with van der Waals surface area (Å²) in [6.07, 6.45) is 2.64. The molecule has 2 aromatic carbocycles. The van der Waals surface area contributed by atoms with Gasteiger partial charge in [0, 0.05) is 22.8 Å². The number of hydrogen-bond acceptors (Lipinski definition) is 9. The van der Waals surface area contributed by atoms with Crippen molar-refractivity contribution in [2.75, 3.05) is 46.8 Å². The van der Waals surface area contributed by atoms with E-state index in [1.54, 1.807) is 12.1 Å². The molecule has 0 unspecified atom stereocenters. The van der Waals surface area contributed by atoms with Crippen molar-refractivity contribution in [1.29, 1.82) is 0 Å². The molecule has 9 nitrogen and oxygen atoms in total. The molecule has 40 heavy (non-hydrogen) atoms. The number of anilines is 1. The number of ether oxygens (including phenoxy) is 5. The molecule has 1 spiro atoms. The van der Waals surface area contributed by atoms with Gasteiger partial charge in [-0.2, -0.15) is 0 Å². The lowest BCUT2D eigenvalue weighted by atomic mass is 9.53. The first-order chi connectivity index (χ1) is 19.3. The van der Waals surface area contributed by atoms with Gasteiger partial charge in [-0.15, -0.1) is 0 Å². The molecule has 2 fully saturated rings. The van der Waals surface area contributed by atoms with Crippen LogP contribution in [0.5, 0.6) is 17.2 Å². The van der Waals surface area contributed by atoms with Crippen molar-refractivity contribution >= 4 is 17.6 Å². The summed E-state index contributed by atoms with van der Waals surface area (Å²) in [6.45, 7) is 3.86. The van der Waals surface area contributed by atoms with E-state index in [0.29, 0.717) is 34.8 Å². The molecule has 1 aliphatic carbocycles. The van der Waals surface area contributed by atoms with Crippen LogP contribution in [-0.2, 0) is 19.7 Å². The van der Waals surface area contributed by atoms with Crippen molar-refractivity contribution in [1.82, 2.24) is 4.90 Å². The molecule has 212 valence electrons. The fourth-order valence-electron chi connectivity index (χ4n) is 8.01. The van der Waals surface area contributed by atoms with Gasteiger partial charge in [-0.25, -0.2) is 9.59 Å². The standard InChI is InChI=1S/C31H36N2O7/c1-18(40-27(34)19-15-23(36-2)25(38-4)24(16-19)37-3)30-11-8-13-33-14-12-31(29(30)33)21-9-6-7-10-22(21)32-26(31)20(17-30)28(35)39-5/h6-7,9-10,15-16,18,29,32H,8,11-14,17H2,1-5H3/t18-,29-,30-,31-/m1/s1. The van der Waals surface area contributed by atoms with Crippen LogP contribution in [0.25, 0.3) is 0 Å². The summed E-state index contributed by atoms with van der Waals surface area (Å²) >= 11 is 0. The van der Waals surface area contributed by atoms with Gasteiger partial charge in [0.25, 0.3) is 0 Å². The molecule has 0 amide bonds. The molecule has 3 aliphatic heterocycles. The molecule has 0 bridgehead atoms. The van der Waals surface area contributed by atoms with Crippen molar-refractivity contribution in [3.05, 3.63) is 58.8 Å². The Hall–Kier alpha value is -3.72. The first-order valence-corrected chi connectivity index (χ1v) is 13.8. The van der Waals surface area contributed by atoms with E-state index in [4.69, 9.17) is 23.7 Å². The van der Waals surface area contributed by atoms with Crippen LogP contribution < -0.4 is 19.5 Å². The summed E-state index contributed by atoms with van der Waals surface area (Å²) in [5.74, 6) is 0.350. The van der Waals surface area contributed by atoms with Crippen LogP contribution in [0, 0.1) is 5.41 Å². The first kappa shape index (κ1) is 26.5. The zero-order valence-corrected chi connectivity index (χ0v) is 23.7. The molecule has 0 radical (unpaired) electrons. The summed E-state index contributed by atoms with van der Waals surface area (Å²) in [5, 5.41) is 3.62. The normalized spacial score (nSPS) is 27.1. The van der Waals surface area contributed by atoms with E-state index < -0.39 is 22.9 Å². The van der Waals surface area contributed by atoms with E-state index in [1.165, 1.54) is 34.0 Å². The van der Waals surface area contributed by atoms with Gasteiger partial charge >= 0.3 is 11.9 Å². The molecule has 9 heteroatoms. The van der Waals surface area contributed by atoms with Crippen molar-refractivity contribution in [2.45, 2.75) is 50.2 Å². The fourth-order valence-corrected chi connectivity index (χ4v) is 8.01. The number of para-hydroxylation sites is 1. The van der Waals surface area contributed by atoms with Gasteiger partial charge in [-0.1, -0.05) is 18.2 Å². The van der Waals surface area contributed by atoms with E-state index in [1.807, 2.05) is 13.0 Å². The van der Waals surface area contributed by atoms with Crippen LogP contribution in [-0.4, -0.2) is 70.5 Å². The highest BCUT2D eigenvalue weighted by Gasteiger charge is 2.68. The summed E-state index contributed by atoms with van der Waals surface area (Å²) in [5.41, 5.74) is 3.25. The maximum absolute atomic E-state index is 13.7. The molecule has 6 rings (SSSR count). The number of piperidine rings is 1. The molecule has 1 N–H and O–H groups in total. The minimum absolute atomic E-state index is 0.0658. The number of esters is 2. The van der Waals surface area contributed by atoms with Crippen LogP contribution in [0.2, 0.25) is 0 Å². The predicted molar refractivity (Wildman–Crippen MR) is 148 cm³/mol. The minimum Gasteiger partial charge on any atom is -0.493 e. The Bertz CT molecular complexity index is 1380. The van der Waals surface area contributed by atoms with Gasteiger partial charge in [0.15, 0.2) is 11.5 Å². The van der Waals surface area contributed by atoms with Crippen LogP contribution in [0.3, 0.4) is 0 Å². The molecular weight excluding hydrogens is 512 g/mol. The lowest BCUT2D eigenvalue weighted by molar-refractivity contribution is -0.138. The minimum atomic E-state index is -0.490. The lowest BCUT2D eigenvalue weighted by Gasteiger charge is -2.57. The molecule has 2 saturated heterocycles. The number of carbonyl (C=O) groups is 2. The quantitative estimate of drug-likeness (QED) is 0.508. The Labute approximate surface area is 234 Å². The highest BCUT2D eigenvalue weighted by molar-refractivity contribution is 5.94. The second-order valence-corrected chi connectivity index (χ2v) is 11.2. The average Bonchev–Trinajstić information content (AvgIpc) is 3.55. The van der Waals surface area contributed by atoms with Gasteiger partial charge in [0.2, 0.25) is 5.75 Å². The number of rotatable bonds is 7. The van der Waals surface area contributed by atoms with Crippen molar-refractivity contribution < 1.29 is 33.3 Å². The van der Waals surface area contributed by atoms with E-state index >= 15 is 0 Å². The van der Waals surface area contributed by atoms with E-state index in [9.17, 15) is 9.59 Å². The average molecular weight is 549 g/mol. The third-order valence-corrected chi connectivity index (χ3v) is 9.60. The SMILES string of the molecule is COC(=O)C1=C2Nc3ccccc3[C@]23CCN2CCC[C@]([C@@H](C)OC(=O)c4cc(OC)c(OC)c(OC)c4)(C1)[C@@H]23. The van der Waals surface area contributed by atoms with E-state index in [0.717, 1.165) is 43.7 Å². The third-order valence-electron chi connectivity index (χ3n) is 9.60. The summed E-state index contributed by atoms with van der Waals surface area (Å²) < 4.78 is 28.0. The van der Waals surface area contributed by atoms with E-state index in [-0.39, 0.29) is 12.0 Å². The number of carbonyl (C=O) groups excluding carboxylic acids is 2. The van der Waals surface area contributed by atoms with Crippen LogP contribution in [0.4, 0.5) is 5.69 Å². The highest BCUT2D eigenvalue weighted by Crippen LogP contribution is 2.65. The van der Waals surface area contributed by atoms with Gasteiger partial charge < -0.3 is 29.0 Å². The van der Waals surface area contributed by atoms with Gasteiger partial charge in [-0.05, 0) is 69.5 Å². The largest absolute Gasteiger partial charge is 0.493 e. The summed E-state index contributed by atoms with van der Waals surface area (Å²) in [4.78, 5) is 29.6. The van der Waals surface area contributed by atoms with Crippen molar-refractivity contribution in [3.8, 4) is 17.2 Å². The number of fused-ring (bicyclic) bond motifs is 1. The highest BCUT2D eigenvalue weighted by atomic mass is 16.5. The van der Waals surface area contributed by atoms with E-state index in [2.05, 4.69) is 28.4 Å². The molecule has 3 heterocycles. The number of hydrogen-bond donors (Lipinski definition) is 1. The smallest absolute Gasteiger partial charge is 0.338 e. The Kier molecular flexibility index (Phi) is 6.45. The van der Waals surface area contributed by atoms with Crippen LogP contribution in [0.1, 0.15) is 48.5 Å². The molecular formula is C31H36N2O7. The third kappa shape index (κ3) is 3.56. The topological polar surface area (TPSA) is 95.6 Å². The summed E-state index contributed by atoms with van der Waals surface area (Å²) in [6, 6.07) is 11.6. The van der Waals surface area contributed by atoms with Crippen molar-refractivity contribution in [3.63, 3.8) is 0 Å². The number of nitrogens with one attached hydrogen (secondary N) is 1. The monoisotopic (exact) mass is 548 g/mol.